The van der Waals surface area contributed by atoms with Crippen LogP contribution < -0.4 is 4.72 Å². The maximum atomic E-state index is 11.4. The molecule has 1 aromatic rings. The highest BCUT2D eigenvalue weighted by molar-refractivity contribution is 7.89. The van der Waals surface area contributed by atoms with E-state index in [1.807, 2.05) is 0 Å². The summed E-state index contributed by atoms with van der Waals surface area (Å²) in [6.07, 6.45) is 2.59. The van der Waals surface area contributed by atoms with E-state index in [4.69, 9.17) is 11.6 Å². The smallest absolute Gasteiger partial charge is 0.212 e. The summed E-state index contributed by atoms with van der Waals surface area (Å²) in [7, 11) is -3.23. The largest absolute Gasteiger partial charge is 0.262 e. The molecule has 0 aromatic carbocycles. The van der Waals surface area contributed by atoms with Crippen molar-refractivity contribution in [2.45, 2.75) is 19.4 Å². The highest BCUT2D eigenvalue weighted by Gasteiger charge is 2.09. The SMILES string of the molecule is O=S(=O)(CCCCCl)NCc1ncn[nH]1. The zero-order valence-electron chi connectivity index (χ0n) is 8.11. The zero-order valence-corrected chi connectivity index (χ0v) is 9.68. The lowest BCUT2D eigenvalue weighted by Gasteiger charge is -2.03. The van der Waals surface area contributed by atoms with Crippen LogP contribution in [-0.4, -0.2) is 35.2 Å². The Bertz CT molecular complexity index is 364. The van der Waals surface area contributed by atoms with E-state index in [9.17, 15) is 8.42 Å². The number of aromatic nitrogens is 3. The van der Waals surface area contributed by atoms with Crippen molar-refractivity contribution in [3.63, 3.8) is 0 Å². The van der Waals surface area contributed by atoms with Gasteiger partial charge in [-0.25, -0.2) is 18.1 Å². The van der Waals surface area contributed by atoms with Gasteiger partial charge in [-0.15, -0.1) is 11.6 Å². The van der Waals surface area contributed by atoms with Gasteiger partial charge in [0.2, 0.25) is 10.0 Å². The molecular weight excluding hydrogens is 240 g/mol. The molecule has 0 saturated heterocycles. The van der Waals surface area contributed by atoms with Crippen molar-refractivity contribution in [2.75, 3.05) is 11.6 Å². The van der Waals surface area contributed by atoms with Gasteiger partial charge in [0.05, 0.1) is 12.3 Å². The number of aromatic amines is 1. The number of nitrogens with zero attached hydrogens (tertiary/aromatic N) is 2. The van der Waals surface area contributed by atoms with Gasteiger partial charge in [-0.2, -0.15) is 5.10 Å². The number of sulfonamides is 1. The molecule has 0 aliphatic heterocycles. The van der Waals surface area contributed by atoms with Gasteiger partial charge in [0, 0.05) is 5.88 Å². The molecule has 0 atom stereocenters. The van der Waals surface area contributed by atoms with Crippen molar-refractivity contribution in [1.29, 1.82) is 0 Å². The van der Waals surface area contributed by atoms with Crippen LogP contribution in [-0.2, 0) is 16.6 Å². The Hall–Kier alpha value is -0.660. The van der Waals surface area contributed by atoms with Crippen molar-refractivity contribution in [2.24, 2.45) is 0 Å². The second-order valence-electron chi connectivity index (χ2n) is 2.97. The second kappa shape index (κ2) is 6.04. The molecule has 0 aliphatic rings. The molecule has 0 bridgehead atoms. The quantitative estimate of drug-likeness (QED) is 0.538. The molecule has 15 heavy (non-hydrogen) atoms. The van der Waals surface area contributed by atoms with Gasteiger partial charge < -0.3 is 0 Å². The average Bonchev–Trinajstić information content (AvgIpc) is 2.68. The summed E-state index contributed by atoms with van der Waals surface area (Å²) in [6, 6.07) is 0. The highest BCUT2D eigenvalue weighted by atomic mass is 35.5. The molecule has 0 unspecified atom stereocenters. The molecule has 0 saturated carbocycles. The molecule has 0 amide bonds. The van der Waals surface area contributed by atoms with Crippen molar-refractivity contribution in [3.8, 4) is 0 Å². The van der Waals surface area contributed by atoms with Gasteiger partial charge in [-0.05, 0) is 12.8 Å². The van der Waals surface area contributed by atoms with Crippen LogP contribution >= 0.6 is 11.6 Å². The molecule has 1 heterocycles. The predicted octanol–water partition coefficient (Wildman–Crippen LogP) is 0.243. The van der Waals surface area contributed by atoms with Crippen LogP contribution in [0, 0.1) is 0 Å². The van der Waals surface area contributed by atoms with Crippen LogP contribution in [0.5, 0.6) is 0 Å². The first-order chi connectivity index (χ1) is 7.14. The maximum absolute atomic E-state index is 11.4. The molecule has 0 spiro atoms. The third-order valence-corrected chi connectivity index (χ3v) is 3.40. The number of rotatable bonds is 7. The number of hydrogen-bond acceptors (Lipinski definition) is 4. The summed E-state index contributed by atoms with van der Waals surface area (Å²) in [4.78, 5) is 3.80. The molecule has 86 valence electrons. The molecule has 0 fully saturated rings. The van der Waals surface area contributed by atoms with E-state index < -0.39 is 10.0 Å². The number of hydrogen-bond donors (Lipinski definition) is 2. The van der Waals surface area contributed by atoms with Crippen LogP contribution in [0.1, 0.15) is 18.7 Å². The fourth-order valence-electron chi connectivity index (χ4n) is 0.953. The molecular formula is C7H13ClN4O2S. The molecule has 6 nitrogen and oxygen atoms in total. The van der Waals surface area contributed by atoms with Gasteiger partial charge in [0.15, 0.2) is 0 Å². The van der Waals surface area contributed by atoms with E-state index >= 15 is 0 Å². The van der Waals surface area contributed by atoms with E-state index in [2.05, 4.69) is 19.9 Å². The highest BCUT2D eigenvalue weighted by Crippen LogP contribution is 1.97. The first-order valence-corrected chi connectivity index (χ1v) is 6.70. The van der Waals surface area contributed by atoms with Crippen molar-refractivity contribution >= 4 is 21.6 Å². The van der Waals surface area contributed by atoms with Crippen LogP contribution in [0.15, 0.2) is 6.33 Å². The Morgan fingerprint density at radius 2 is 2.27 bits per heavy atom. The van der Waals surface area contributed by atoms with Crippen molar-refractivity contribution in [3.05, 3.63) is 12.2 Å². The van der Waals surface area contributed by atoms with Crippen molar-refractivity contribution in [1.82, 2.24) is 19.9 Å². The predicted molar refractivity (Wildman–Crippen MR) is 57.0 cm³/mol. The first-order valence-electron chi connectivity index (χ1n) is 4.51. The number of halogens is 1. The fourth-order valence-corrected chi connectivity index (χ4v) is 2.23. The van der Waals surface area contributed by atoms with E-state index in [1.54, 1.807) is 0 Å². The molecule has 1 aromatic heterocycles. The first kappa shape index (κ1) is 12.4. The van der Waals surface area contributed by atoms with Gasteiger partial charge in [0.25, 0.3) is 0 Å². The second-order valence-corrected chi connectivity index (χ2v) is 5.27. The Labute approximate surface area is 93.5 Å². The lowest BCUT2D eigenvalue weighted by atomic mass is 10.4. The van der Waals surface area contributed by atoms with Gasteiger partial charge in [-0.1, -0.05) is 0 Å². The monoisotopic (exact) mass is 252 g/mol. The minimum absolute atomic E-state index is 0.0911. The lowest BCUT2D eigenvalue weighted by molar-refractivity contribution is 0.576. The van der Waals surface area contributed by atoms with E-state index in [-0.39, 0.29) is 12.3 Å². The summed E-state index contributed by atoms with van der Waals surface area (Å²) < 4.78 is 25.2. The minimum atomic E-state index is -3.23. The Kier molecular flexibility index (Phi) is 5.00. The third-order valence-electron chi connectivity index (χ3n) is 1.72. The molecule has 0 aliphatic carbocycles. The van der Waals surface area contributed by atoms with Crippen molar-refractivity contribution < 1.29 is 8.42 Å². The molecule has 0 radical (unpaired) electrons. The summed E-state index contributed by atoms with van der Waals surface area (Å²) in [5.74, 6) is 1.07. The van der Waals surface area contributed by atoms with Gasteiger partial charge in [0.1, 0.15) is 12.2 Å². The van der Waals surface area contributed by atoms with E-state index in [1.165, 1.54) is 6.33 Å². The number of alkyl halides is 1. The van der Waals surface area contributed by atoms with Crippen LogP contribution in [0.4, 0.5) is 0 Å². The Morgan fingerprint density at radius 1 is 1.47 bits per heavy atom. The van der Waals surface area contributed by atoms with Gasteiger partial charge in [-0.3, -0.25) is 5.10 Å². The van der Waals surface area contributed by atoms with Crippen LogP contribution in [0.25, 0.3) is 0 Å². The normalized spacial score (nSPS) is 11.8. The number of unbranched alkanes of at least 4 members (excludes halogenated alkanes) is 1. The number of nitrogens with one attached hydrogen (secondary N) is 2. The molecule has 2 N–H and O–H groups in total. The summed E-state index contributed by atoms with van der Waals surface area (Å²) >= 11 is 5.45. The molecule has 1 rings (SSSR count). The lowest BCUT2D eigenvalue weighted by Crippen LogP contribution is -2.26. The van der Waals surface area contributed by atoms with E-state index in [0.29, 0.717) is 24.5 Å². The Morgan fingerprint density at radius 3 is 2.87 bits per heavy atom. The summed E-state index contributed by atoms with van der Waals surface area (Å²) in [6.45, 7) is 0.142. The van der Waals surface area contributed by atoms with E-state index in [0.717, 1.165) is 0 Å². The maximum Gasteiger partial charge on any atom is 0.212 e. The summed E-state index contributed by atoms with van der Waals surface area (Å²) in [5.41, 5.74) is 0. The minimum Gasteiger partial charge on any atom is -0.262 e. The van der Waals surface area contributed by atoms with Crippen LogP contribution in [0.3, 0.4) is 0 Å². The average molecular weight is 253 g/mol. The van der Waals surface area contributed by atoms with Crippen LogP contribution in [0.2, 0.25) is 0 Å². The Balaban J connectivity index is 2.30. The topological polar surface area (TPSA) is 87.7 Å². The molecule has 8 heteroatoms. The third kappa shape index (κ3) is 5.10. The summed E-state index contributed by atoms with van der Waals surface area (Å²) in [5, 5.41) is 6.18. The van der Waals surface area contributed by atoms with Gasteiger partial charge >= 0.3 is 0 Å². The standard InChI is InChI=1S/C7H13ClN4O2S/c8-3-1-2-4-15(13,14)11-5-7-9-6-10-12-7/h6,11H,1-5H2,(H,9,10,12). The zero-order chi connectivity index (χ0) is 11.1. The number of H-pyrrole nitrogens is 1. The fraction of sp³-hybridized carbons (Fsp3) is 0.714.